The summed E-state index contributed by atoms with van der Waals surface area (Å²) < 4.78 is 2.17. The summed E-state index contributed by atoms with van der Waals surface area (Å²) in [6, 6.07) is 9.96. The molecule has 2 aromatic heterocycles. The molecule has 21 heavy (non-hydrogen) atoms. The van der Waals surface area contributed by atoms with Crippen LogP contribution >= 0.6 is 38.6 Å². The van der Waals surface area contributed by atoms with Gasteiger partial charge in [0.1, 0.15) is 5.01 Å². The van der Waals surface area contributed by atoms with Crippen molar-refractivity contribution in [2.24, 2.45) is 0 Å². The predicted molar refractivity (Wildman–Crippen MR) is 92.2 cm³/mol. The fourth-order valence-corrected chi connectivity index (χ4v) is 4.57. The number of fused-ring (bicyclic) bond motifs is 1. The molecule has 2 heterocycles. The highest BCUT2D eigenvalue weighted by Gasteiger charge is 2.17. The number of halogens is 1. The molecule has 0 N–H and O–H groups in total. The van der Waals surface area contributed by atoms with Gasteiger partial charge in [0.2, 0.25) is 0 Å². The molecule has 0 aliphatic carbocycles. The van der Waals surface area contributed by atoms with Gasteiger partial charge < -0.3 is 4.90 Å². The minimum atomic E-state index is 0.0352. The zero-order valence-corrected chi connectivity index (χ0v) is 14.8. The molecule has 0 aliphatic heterocycles. The van der Waals surface area contributed by atoms with Gasteiger partial charge >= 0.3 is 0 Å². The first kappa shape index (κ1) is 14.7. The minimum Gasteiger partial charge on any atom is -0.334 e. The number of thiophene rings is 1. The number of aryl methyl sites for hydroxylation is 1. The van der Waals surface area contributed by atoms with Crippen LogP contribution in [0, 0.1) is 6.92 Å². The zero-order valence-electron chi connectivity index (χ0n) is 11.6. The minimum absolute atomic E-state index is 0.0352. The maximum absolute atomic E-state index is 12.4. The summed E-state index contributed by atoms with van der Waals surface area (Å²) in [5.41, 5.74) is 2.09. The van der Waals surface area contributed by atoms with E-state index in [1.807, 2.05) is 38.2 Å². The second-order valence-electron chi connectivity index (χ2n) is 4.80. The van der Waals surface area contributed by atoms with Crippen molar-refractivity contribution in [2.45, 2.75) is 13.5 Å². The molecule has 0 fully saturated rings. The molecule has 0 spiro atoms. The van der Waals surface area contributed by atoms with E-state index < -0.39 is 0 Å². The standard InChI is InChI=1S/C15H13BrN2OS2/c1-9-7-12(21-14(9)16)15(19)18(2)8-13-17-10-5-3-4-6-11(10)20-13/h3-7H,8H2,1-2H3. The predicted octanol–water partition coefficient (Wildman–Crippen LogP) is 4.70. The monoisotopic (exact) mass is 380 g/mol. The molecule has 0 radical (unpaired) electrons. The van der Waals surface area contributed by atoms with Crippen LogP contribution in [-0.2, 0) is 6.54 Å². The van der Waals surface area contributed by atoms with Gasteiger partial charge in [-0.1, -0.05) is 12.1 Å². The Bertz CT molecular complexity index is 756. The molecule has 108 valence electrons. The Morgan fingerprint density at radius 1 is 1.33 bits per heavy atom. The van der Waals surface area contributed by atoms with E-state index in [1.165, 1.54) is 11.3 Å². The van der Waals surface area contributed by atoms with Gasteiger partial charge in [-0.15, -0.1) is 22.7 Å². The lowest BCUT2D eigenvalue weighted by Gasteiger charge is -2.14. The number of thiazole rings is 1. The molecule has 0 unspecified atom stereocenters. The fraction of sp³-hybridized carbons (Fsp3) is 0.200. The number of aromatic nitrogens is 1. The van der Waals surface area contributed by atoms with E-state index in [-0.39, 0.29) is 5.91 Å². The maximum Gasteiger partial charge on any atom is 0.264 e. The number of carbonyl (C=O) groups excluding carboxylic acids is 1. The largest absolute Gasteiger partial charge is 0.334 e. The topological polar surface area (TPSA) is 33.2 Å². The number of amides is 1. The van der Waals surface area contributed by atoms with E-state index in [4.69, 9.17) is 0 Å². The summed E-state index contributed by atoms with van der Waals surface area (Å²) in [7, 11) is 1.82. The lowest BCUT2D eigenvalue weighted by atomic mass is 10.3. The van der Waals surface area contributed by atoms with Crippen molar-refractivity contribution in [1.82, 2.24) is 9.88 Å². The number of hydrogen-bond acceptors (Lipinski definition) is 4. The summed E-state index contributed by atoms with van der Waals surface area (Å²) in [4.78, 5) is 19.5. The molecule has 1 aromatic carbocycles. The molecule has 3 aromatic rings. The highest BCUT2D eigenvalue weighted by atomic mass is 79.9. The van der Waals surface area contributed by atoms with Gasteiger partial charge in [-0.3, -0.25) is 4.79 Å². The maximum atomic E-state index is 12.4. The summed E-state index contributed by atoms with van der Waals surface area (Å²) in [5, 5.41) is 0.958. The van der Waals surface area contributed by atoms with Crippen LogP contribution in [0.5, 0.6) is 0 Å². The third kappa shape index (κ3) is 3.02. The van der Waals surface area contributed by atoms with Crippen molar-refractivity contribution in [3.63, 3.8) is 0 Å². The van der Waals surface area contributed by atoms with Crippen LogP contribution in [0.25, 0.3) is 10.2 Å². The average Bonchev–Trinajstić information content (AvgIpc) is 3.01. The Balaban J connectivity index is 1.79. The zero-order chi connectivity index (χ0) is 15.0. The van der Waals surface area contributed by atoms with Crippen LogP contribution in [0.2, 0.25) is 0 Å². The second kappa shape index (κ2) is 5.87. The van der Waals surface area contributed by atoms with Crippen LogP contribution in [0.1, 0.15) is 20.2 Å². The number of hydrogen-bond donors (Lipinski definition) is 0. The average molecular weight is 381 g/mol. The summed E-state index contributed by atoms with van der Waals surface area (Å²) in [5.74, 6) is 0.0352. The molecular weight excluding hydrogens is 368 g/mol. The van der Waals surface area contributed by atoms with Gasteiger partial charge in [-0.2, -0.15) is 0 Å². The molecule has 0 atom stereocenters. The SMILES string of the molecule is Cc1cc(C(=O)N(C)Cc2nc3ccccc3s2)sc1Br. The third-order valence-electron chi connectivity index (χ3n) is 3.13. The summed E-state index contributed by atoms with van der Waals surface area (Å²) in [6.07, 6.45) is 0. The first-order valence-electron chi connectivity index (χ1n) is 6.40. The van der Waals surface area contributed by atoms with Gasteiger partial charge in [-0.25, -0.2) is 4.98 Å². The molecule has 1 amide bonds. The van der Waals surface area contributed by atoms with Gasteiger partial charge in [-0.05, 0) is 46.6 Å². The van der Waals surface area contributed by atoms with E-state index in [0.29, 0.717) is 6.54 Å². The quantitative estimate of drug-likeness (QED) is 0.659. The van der Waals surface area contributed by atoms with Crippen LogP contribution in [0.15, 0.2) is 34.1 Å². The van der Waals surface area contributed by atoms with E-state index in [0.717, 1.165) is 29.5 Å². The Morgan fingerprint density at radius 3 is 2.76 bits per heavy atom. The third-order valence-corrected chi connectivity index (χ3v) is 6.27. The summed E-state index contributed by atoms with van der Waals surface area (Å²) >= 11 is 6.57. The molecular formula is C15H13BrN2OS2. The first-order valence-corrected chi connectivity index (χ1v) is 8.83. The number of rotatable bonds is 3. The lowest BCUT2D eigenvalue weighted by molar-refractivity contribution is 0.0790. The van der Waals surface area contributed by atoms with E-state index in [1.54, 1.807) is 16.2 Å². The van der Waals surface area contributed by atoms with Gasteiger partial charge in [0.05, 0.1) is 25.4 Å². The first-order chi connectivity index (χ1) is 10.0. The van der Waals surface area contributed by atoms with E-state index in [9.17, 15) is 4.79 Å². The number of carbonyl (C=O) groups is 1. The molecule has 0 saturated heterocycles. The fourth-order valence-electron chi connectivity index (χ4n) is 2.02. The molecule has 0 saturated carbocycles. The molecule has 6 heteroatoms. The van der Waals surface area contributed by atoms with E-state index >= 15 is 0 Å². The number of nitrogens with zero attached hydrogens (tertiary/aromatic N) is 2. The Kier molecular flexibility index (Phi) is 4.10. The highest BCUT2D eigenvalue weighted by Crippen LogP contribution is 2.29. The smallest absolute Gasteiger partial charge is 0.264 e. The molecule has 0 aliphatic rings. The van der Waals surface area contributed by atoms with Crippen molar-refractivity contribution in [2.75, 3.05) is 7.05 Å². The van der Waals surface area contributed by atoms with Gasteiger partial charge in [0, 0.05) is 7.05 Å². The number of benzene rings is 1. The van der Waals surface area contributed by atoms with E-state index in [2.05, 4.69) is 27.0 Å². The summed E-state index contributed by atoms with van der Waals surface area (Å²) in [6.45, 7) is 2.53. The van der Waals surface area contributed by atoms with Crippen molar-refractivity contribution < 1.29 is 4.79 Å². The van der Waals surface area contributed by atoms with Crippen molar-refractivity contribution in [3.05, 3.63) is 49.6 Å². The van der Waals surface area contributed by atoms with Crippen LogP contribution < -0.4 is 0 Å². The van der Waals surface area contributed by atoms with Crippen molar-refractivity contribution in [3.8, 4) is 0 Å². The molecule has 0 bridgehead atoms. The Labute approximate surface area is 139 Å². The van der Waals surface area contributed by atoms with Crippen LogP contribution in [0.4, 0.5) is 0 Å². The van der Waals surface area contributed by atoms with Crippen LogP contribution in [0.3, 0.4) is 0 Å². The normalized spacial score (nSPS) is 11.0. The number of para-hydroxylation sites is 1. The van der Waals surface area contributed by atoms with Crippen molar-refractivity contribution >= 4 is 54.7 Å². The highest BCUT2D eigenvalue weighted by molar-refractivity contribution is 9.11. The second-order valence-corrected chi connectivity index (χ2v) is 8.29. The molecule has 3 rings (SSSR count). The van der Waals surface area contributed by atoms with Crippen LogP contribution in [-0.4, -0.2) is 22.8 Å². The van der Waals surface area contributed by atoms with Gasteiger partial charge in [0.15, 0.2) is 0 Å². The Hall–Kier alpha value is -1.24. The Morgan fingerprint density at radius 2 is 2.10 bits per heavy atom. The van der Waals surface area contributed by atoms with Crippen molar-refractivity contribution in [1.29, 1.82) is 0 Å². The lowest BCUT2D eigenvalue weighted by Crippen LogP contribution is -2.25. The molecule has 3 nitrogen and oxygen atoms in total. The van der Waals surface area contributed by atoms with Gasteiger partial charge in [0.25, 0.3) is 5.91 Å².